The molecule has 4 rings (SSSR count). The Labute approximate surface area is 188 Å². The Morgan fingerprint density at radius 3 is 2.53 bits per heavy atom. The van der Waals surface area contributed by atoms with Crippen LogP contribution in [0.3, 0.4) is 0 Å². The summed E-state index contributed by atoms with van der Waals surface area (Å²) in [5.74, 6) is -1.08. The standard InChI is InChI=1S/C23H21N3O5S/c1-12-13(2)32-23(25-12)26-19(14-6-5-9-24-11-14)18(21(28)22(26)29)20(27)16-8-7-15(30-3)10-17(16)31-4/h5-11,19,27H,1-4H3/t19-/m0/s1. The molecule has 0 unspecified atom stereocenters. The molecule has 0 spiro atoms. The van der Waals surface area contributed by atoms with E-state index in [0.717, 1.165) is 10.6 Å². The molecule has 0 bridgehead atoms. The summed E-state index contributed by atoms with van der Waals surface area (Å²) in [5.41, 5.74) is 1.56. The third-order valence-electron chi connectivity index (χ3n) is 5.33. The number of amides is 1. The number of ether oxygens (including phenoxy) is 2. The highest BCUT2D eigenvalue weighted by Crippen LogP contribution is 2.44. The average Bonchev–Trinajstić information content (AvgIpc) is 3.28. The Bertz CT molecular complexity index is 1220. The van der Waals surface area contributed by atoms with Gasteiger partial charge < -0.3 is 14.6 Å². The number of carbonyl (C=O) groups is 2. The maximum absolute atomic E-state index is 13.2. The SMILES string of the molecule is COc1ccc(C(O)=C2C(=O)C(=O)N(c3nc(C)c(C)s3)[C@H]2c2cccnc2)c(OC)c1. The predicted octanol–water partition coefficient (Wildman–Crippen LogP) is 3.80. The van der Waals surface area contributed by atoms with Gasteiger partial charge in [0.1, 0.15) is 17.3 Å². The molecule has 32 heavy (non-hydrogen) atoms. The predicted molar refractivity (Wildman–Crippen MR) is 120 cm³/mol. The van der Waals surface area contributed by atoms with Crippen LogP contribution in [0.5, 0.6) is 11.5 Å². The molecule has 1 fully saturated rings. The zero-order valence-corrected chi connectivity index (χ0v) is 18.8. The number of thiazole rings is 1. The Hall–Kier alpha value is -3.72. The third-order valence-corrected chi connectivity index (χ3v) is 6.40. The Kier molecular flexibility index (Phi) is 5.67. The van der Waals surface area contributed by atoms with Crippen molar-refractivity contribution in [3.63, 3.8) is 0 Å². The molecule has 3 heterocycles. The molecule has 0 radical (unpaired) electrons. The molecule has 3 aromatic rings. The first-order valence-electron chi connectivity index (χ1n) is 9.74. The molecule has 1 aromatic carbocycles. The van der Waals surface area contributed by atoms with Crippen molar-refractivity contribution < 1.29 is 24.2 Å². The van der Waals surface area contributed by atoms with Gasteiger partial charge in [0.05, 0.1) is 37.1 Å². The molecule has 9 heteroatoms. The topological polar surface area (TPSA) is 102 Å². The highest BCUT2D eigenvalue weighted by molar-refractivity contribution is 7.16. The monoisotopic (exact) mass is 451 g/mol. The number of hydrogen-bond acceptors (Lipinski definition) is 8. The van der Waals surface area contributed by atoms with Crippen molar-refractivity contribution >= 4 is 33.9 Å². The second-order valence-corrected chi connectivity index (χ2v) is 8.34. The van der Waals surface area contributed by atoms with Crippen molar-refractivity contribution in [2.75, 3.05) is 19.1 Å². The molecule has 1 saturated heterocycles. The second-order valence-electron chi connectivity index (χ2n) is 7.16. The van der Waals surface area contributed by atoms with Crippen LogP contribution < -0.4 is 14.4 Å². The van der Waals surface area contributed by atoms with E-state index in [1.165, 1.54) is 30.5 Å². The summed E-state index contributed by atoms with van der Waals surface area (Å²) in [6.07, 6.45) is 3.16. The lowest BCUT2D eigenvalue weighted by Gasteiger charge is -2.22. The van der Waals surface area contributed by atoms with Crippen LogP contribution in [0.4, 0.5) is 5.13 Å². The zero-order chi connectivity index (χ0) is 23.0. The fraction of sp³-hybridized carbons (Fsp3) is 0.217. The summed E-state index contributed by atoms with van der Waals surface area (Å²) in [6.45, 7) is 3.74. The Morgan fingerprint density at radius 1 is 1.16 bits per heavy atom. The molecule has 2 aromatic heterocycles. The fourth-order valence-corrected chi connectivity index (χ4v) is 4.52. The molecular weight excluding hydrogens is 430 g/mol. The number of Topliss-reactive ketones (excluding diaryl/α,β-unsaturated/α-hetero) is 1. The molecular formula is C23H21N3O5S. The van der Waals surface area contributed by atoms with E-state index < -0.39 is 17.7 Å². The number of nitrogens with zero attached hydrogens (tertiary/aromatic N) is 3. The first-order chi connectivity index (χ1) is 15.4. The number of aromatic nitrogens is 2. The first-order valence-corrected chi connectivity index (χ1v) is 10.6. The molecule has 1 aliphatic rings. The number of aliphatic hydroxyl groups is 1. The molecule has 1 atom stereocenters. The van der Waals surface area contributed by atoms with Crippen molar-refractivity contribution in [2.45, 2.75) is 19.9 Å². The fourth-order valence-electron chi connectivity index (χ4n) is 3.58. The highest BCUT2D eigenvalue weighted by Gasteiger charge is 2.48. The zero-order valence-electron chi connectivity index (χ0n) is 17.9. The molecule has 1 amide bonds. The van der Waals surface area contributed by atoms with Gasteiger partial charge >= 0.3 is 5.91 Å². The van der Waals surface area contributed by atoms with Gasteiger partial charge in [-0.15, -0.1) is 11.3 Å². The number of aryl methyl sites for hydroxylation is 2. The van der Waals surface area contributed by atoms with Gasteiger partial charge in [0.25, 0.3) is 5.78 Å². The Morgan fingerprint density at radius 2 is 1.94 bits per heavy atom. The summed E-state index contributed by atoms with van der Waals surface area (Å²) in [6, 6.07) is 7.39. The van der Waals surface area contributed by atoms with Crippen LogP contribution in [0.15, 0.2) is 48.3 Å². The minimum atomic E-state index is -0.888. The average molecular weight is 452 g/mol. The van der Waals surface area contributed by atoms with E-state index in [-0.39, 0.29) is 16.9 Å². The van der Waals surface area contributed by atoms with Gasteiger partial charge in [-0.1, -0.05) is 6.07 Å². The number of carbonyl (C=O) groups excluding carboxylic acids is 2. The highest BCUT2D eigenvalue weighted by atomic mass is 32.1. The summed E-state index contributed by atoms with van der Waals surface area (Å²) < 4.78 is 10.6. The number of aliphatic hydroxyl groups excluding tert-OH is 1. The normalized spacial score (nSPS) is 17.6. The maximum Gasteiger partial charge on any atom is 0.301 e. The van der Waals surface area contributed by atoms with Crippen LogP contribution >= 0.6 is 11.3 Å². The third kappa shape index (κ3) is 3.50. The van der Waals surface area contributed by atoms with E-state index in [2.05, 4.69) is 9.97 Å². The molecule has 164 valence electrons. The van der Waals surface area contributed by atoms with E-state index in [1.54, 1.807) is 42.7 Å². The lowest BCUT2D eigenvalue weighted by atomic mass is 9.96. The maximum atomic E-state index is 13.2. The Balaban J connectivity index is 1.96. The van der Waals surface area contributed by atoms with Crippen molar-refractivity contribution in [2.24, 2.45) is 0 Å². The molecule has 8 nitrogen and oxygen atoms in total. The minimum Gasteiger partial charge on any atom is -0.507 e. The number of pyridine rings is 1. The van der Waals surface area contributed by atoms with E-state index in [0.29, 0.717) is 22.2 Å². The molecule has 0 aliphatic carbocycles. The molecule has 0 saturated carbocycles. The summed E-state index contributed by atoms with van der Waals surface area (Å²) in [4.78, 5) is 37.2. The van der Waals surface area contributed by atoms with Crippen molar-refractivity contribution in [3.8, 4) is 11.5 Å². The number of rotatable bonds is 5. The second kappa shape index (κ2) is 8.43. The number of benzene rings is 1. The number of ketones is 1. The van der Waals surface area contributed by atoms with E-state index >= 15 is 0 Å². The quantitative estimate of drug-likeness (QED) is 0.358. The van der Waals surface area contributed by atoms with E-state index in [9.17, 15) is 14.7 Å². The van der Waals surface area contributed by atoms with Crippen molar-refractivity contribution in [3.05, 3.63) is 70.0 Å². The van der Waals surface area contributed by atoms with Crippen LogP contribution in [-0.2, 0) is 9.59 Å². The first kappa shape index (κ1) is 21.5. The van der Waals surface area contributed by atoms with Gasteiger partial charge in [-0.3, -0.25) is 19.5 Å². The van der Waals surface area contributed by atoms with Gasteiger partial charge in [-0.25, -0.2) is 4.98 Å². The van der Waals surface area contributed by atoms with Crippen LogP contribution in [0, 0.1) is 13.8 Å². The summed E-state index contributed by atoms with van der Waals surface area (Å²) >= 11 is 1.31. The summed E-state index contributed by atoms with van der Waals surface area (Å²) in [5, 5.41) is 11.6. The van der Waals surface area contributed by atoms with Gasteiger partial charge in [0.2, 0.25) is 0 Å². The van der Waals surface area contributed by atoms with Crippen LogP contribution in [-0.4, -0.2) is 41.0 Å². The summed E-state index contributed by atoms with van der Waals surface area (Å²) in [7, 11) is 2.96. The number of hydrogen-bond donors (Lipinski definition) is 1. The van der Waals surface area contributed by atoms with Crippen LogP contribution in [0.2, 0.25) is 0 Å². The molecule has 1 N–H and O–H groups in total. The van der Waals surface area contributed by atoms with Crippen molar-refractivity contribution in [1.82, 2.24) is 9.97 Å². The van der Waals surface area contributed by atoms with Crippen LogP contribution in [0.1, 0.15) is 27.7 Å². The van der Waals surface area contributed by atoms with Gasteiger partial charge in [0, 0.05) is 23.3 Å². The van der Waals surface area contributed by atoms with Gasteiger partial charge in [0.15, 0.2) is 5.13 Å². The molecule has 1 aliphatic heterocycles. The minimum absolute atomic E-state index is 0.0584. The smallest absolute Gasteiger partial charge is 0.301 e. The lowest BCUT2D eigenvalue weighted by Crippen LogP contribution is -2.29. The van der Waals surface area contributed by atoms with Gasteiger partial charge in [-0.05, 0) is 37.6 Å². The van der Waals surface area contributed by atoms with Gasteiger partial charge in [-0.2, -0.15) is 0 Å². The number of methoxy groups -OCH3 is 2. The number of anilines is 1. The van der Waals surface area contributed by atoms with E-state index in [4.69, 9.17) is 9.47 Å². The van der Waals surface area contributed by atoms with Crippen LogP contribution in [0.25, 0.3) is 5.76 Å². The largest absolute Gasteiger partial charge is 0.507 e. The van der Waals surface area contributed by atoms with E-state index in [1.807, 2.05) is 13.8 Å². The lowest BCUT2D eigenvalue weighted by molar-refractivity contribution is -0.132. The van der Waals surface area contributed by atoms with Crippen molar-refractivity contribution in [1.29, 1.82) is 0 Å².